The van der Waals surface area contributed by atoms with Crippen LogP contribution in [0.4, 0.5) is 0 Å². The maximum absolute atomic E-state index is 11.4. The molecule has 1 aromatic carbocycles. The Morgan fingerprint density at radius 1 is 1.31 bits per heavy atom. The van der Waals surface area contributed by atoms with Crippen LogP contribution >= 0.6 is 0 Å². The number of carbonyl (C=O) groups excluding carboxylic acids is 1. The first kappa shape index (κ1) is 10.8. The number of methoxy groups -OCH3 is 2. The number of carbonyl (C=O) groups is 1. The quantitative estimate of drug-likeness (QED) is 0.822. The van der Waals surface area contributed by atoms with Crippen molar-refractivity contribution >= 4 is 5.91 Å². The number of hydrogen-bond donors (Lipinski definition) is 1. The molecule has 0 saturated heterocycles. The fourth-order valence-corrected chi connectivity index (χ4v) is 2.12. The minimum Gasteiger partial charge on any atom is -0.497 e. The Morgan fingerprint density at radius 2 is 2.06 bits per heavy atom. The molecular weight excluding hydrogens is 206 g/mol. The van der Waals surface area contributed by atoms with E-state index in [1.807, 2.05) is 19.1 Å². The van der Waals surface area contributed by atoms with Crippen LogP contribution in [0.2, 0.25) is 0 Å². The van der Waals surface area contributed by atoms with Gasteiger partial charge in [-0.2, -0.15) is 0 Å². The molecule has 1 aliphatic heterocycles. The molecule has 1 atom stereocenters. The lowest BCUT2D eigenvalue weighted by molar-refractivity contribution is -0.121. The van der Waals surface area contributed by atoms with E-state index in [0.29, 0.717) is 6.42 Å². The van der Waals surface area contributed by atoms with Gasteiger partial charge < -0.3 is 14.8 Å². The molecule has 16 heavy (non-hydrogen) atoms. The van der Waals surface area contributed by atoms with E-state index in [2.05, 4.69) is 5.32 Å². The van der Waals surface area contributed by atoms with Crippen LogP contribution in [-0.2, 0) is 11.2 Å². The third-order valence-corrected chi connectivity index (χ3v) is 2.82. The Hall–Kier alpha value is -1.71. The van der Waals surface area contributed by atoms with Crippen molar-refractivity contribution < 1.29 is 14.3 Å². The van der Waals surface area contributed by atoms with Gasteiger partial charge in [0.05, 0.1) is 26.7 Å². The third-order valence-electron chi connectivity index (χ3n) is 2.82. The van der Waals surface area contributed by atoms with E-state index in [9.17, 15) is 4.79 Å². The molecule has 0 spiro atoms. The van der Waals surface area contributed by atoms with Gasteiger partial charge in [0.1, 0.15) is 11.5 Å². The number of rotatable bonds is 2. The summed E-state index contributed by atoms with van der Waals surface area (Å²) in [5.74, 6) is 1.52. The highest BCUT2D eigenvalue weighted by Gasteiger charge is 2.25. The van der Waals surface area contributed by atoms with Gasteiger partial charge in [-0.3, -0.25) is 4.79 Å². The van der Waals surface area contributed by atoms with Gasteiger partial charge in [-0.15, -0.1) is 0 Å². The van der Waals surface area contributed by atoms with E-state index in [1.165, 1.54) is 0 Å². The Balaban J connectivity index is 2.56. The topological polar surface area (TPSA) is 47.6 Å². The first-order valence-corrected chi connectivity index (χ1v) is 5.20. The number of fused-ring (bicyclic) bond motifs is 1. The standard InChI is InChI=1S/C12H15NO3/c1-7-12-8(5-11(14)13-7)4-9(15-2)6-10(12)16-3/h4,6-7H,5H2,1-3H3,(H,13,14)/t7-/m1/s1. The lowest BCUT2D eigenvalue weighted by Crippen LogP contribution is -2.33. The molecule has 1 aliphatic rings. The highest BCUT2D eigenvalue weighted by molar-refractivity contribution is 5.82. The van der Waals surface area contributed by atoms with Crippen molar-refractivity contribution in [1.82, 2.24) is 5.32 Å². The smallest absolute Gasteiger partial charge is 0.224 e. The molecule has 0 unspecified atom stereocenters. The molecule has 1 heterocycles. The highest BCUT2D eigenvalue weighted by Crippen LogP contribution is 2.35. The zero-order valence-electron chi connectivity index (χ0n) is 9.66. The molecule has 4 heteroatoms. The van der Waals surface area contributed by atoms with Crippen LogP contribution < -0.4 is 14.8 Å². The maximum Gasteiger partial charge on any atom is 0.224 e. The van der Waals surface area contributed by atoms with Crippen LogP contribution in [0.5, 0.6) is 11.5 Å². The van der Waals surface area contributed by atoms with Crippen molar-refractivity contribution in [2.75, 3.05) is 14.2 Å². The highest BCUT2D eigenvalue weighted by atomic mass is 16.5. The molecule has 0 fully saturated rings. The summed E-state index contributed by atoms with van der Waals surface area (Å²) in [5, 5.41) is 2.89. The molecule has 1 aromatic rings. The molecule has 0 saturated carbocycles. The van der Waals surface area contributed by atoms with Crippen molar-refractivity contribution in [3.8, 4) is 11.5 Å². The molecule has 0 aromatic heterocycles. The molecule has 1 N–H and O–H groups in total. The third kappa shape index (κ3) is 1.71. The number of ether oxygens (including phenoxy) is 2. The summed E-state index contributed by atoms with van der Waals surface area (Å²) in [6.07, 6.45) is 0.382. The van der Waals surface area contributed by atoms with Gasteiger partial charge in [0.2, 0.25) is 5.91 Å². The maximum atomic E-state index is 11.4. The van der Waals surface area contributed by atoms with E-state index in [-0.39, 0.29) is 11.9 Å². The van der Waals surface area contributed by atoms with E-state index < -0.39 is 0 Å². The normalized spacial score (nSPS) is 18.7. The first-order valence-electron chi connectivity index (χ1n) is 5.20. The fourth-order valence-electron chi connectivity index (χ4n) is 2.12. The van der Waals surface area contributed by atoms with E-state index in [4.69, 9.17) is 9.47 Å². The van der Waals surface area contributed by atoms with Crippen LogP contribution in [0, 0.1) is 0 Å². The van der Waals surface area contributed by atoms with Crippen molar-refractivity contribution in [1.29, 1.82) is 0 Å². The Kier molecular flexibility index (Phi) is 2.73. The lowest BCUT2D eigenvalue weighted by atomic mass is 9.93. The monoisotopic (exact) mass is 221 g/mol. The summed E-state index contributed by atoms with van der Waals surface area (Å²) in [7, 11) is 3.23. The van der Waals surface area contributed by atoms with Gasteiger partial charge in [0.15, 0.2) is 0 Å². The lowest BCUT2D eigenvalue weighted by Gasteiger charge is -2.26. The number of hydrogen-bond acceptors (Lipinski definition) is 3. The van der Waals surface area contributed by atoms with Gasteiger partial charge in [-0.05, 0) is 18.6 Å². The molecule has 0 bridgehead atoms. The van der Waals surface area contributed by atoms with Gasteiger partial charge in [-0.1, -0.05) is 0 Å². The van der Waals surface area contributed by atoms with Crippen LogP contribution in [0.1, 0.15) is 24.1 Å². The molecule has 0 radical (unpaired) electrons. The first-order chi connectivity index (χ1) is 7.65. The van der Waals surface area contributed by atoms with E-state index >= 15 is 0 Å². The Bertz CT molecular complexity index is 429. The summed E-state index contributed by atoms with van der Waals surface area (Å²) in [4.78, 5) is 11.4. The molecular formula is C12H15NO3. The van der Waals surface area contributed by atoms with Crippen LogP contribution in [0.25, 0.3) is 0 Å². The second-order valence-electron chi connectivity index (χ2n) is 3.87. The Labute approximate surface area is 94.6 Å². The molecule has 86 valence electrons. The number of benzene rings is 1. The van der Waals surface area contributed by atoms with Gasteiger partial charge >= 0.3 is 0 Å². The summed E-state index contributed by atoms with van der Waals surface area (Å²) in [6, 6.07) is 3.72. The van der Waals surface area contributed by atoms with E-state index in [0.717, 1.165) is 22.6 Å². The van der Waals surface area contributed by atoms with Gasteiger partial charge in [-0.25, -0.2) is 0 Å². The summed E-state index contributed by atoms with van der Waals surface area (Å²) >= 11 is 0. The molecule has 1 amide bonds. The second kappa shape index (κ2) is 4.04. The summed E-state index contributed by atoms with van der Waals surface area (Å²) in [6.45, 7) is 1.95. The van der Waals surface area contributed by atoms with Crippen LogP contribution in [0.15, 0.2) is 12.1 Å². The average molecular weight is 221 g/mol. The zero-order chi connectivity index (χ0) is 11.7. The largest absolute Gasteiger partial charge is 0.497 e. The number of nitrogens with one attached hydrogen (secondary N) is 1. The summed E-state index contributed by atoms with van der Waals surface area (Å²) < 4.78 is 10.5. The molecule has 4 nitrogen and oxygen atoms in total. The molecule has 0 aliphatic carbocycles. The van der Waals surface area contributed by atoms with Crippen molar-refractivity contribution in [2.45, 2.75) is 19.4 Å². The van der Waals surface area contributed by atoms with Crippen molar-refractivity contribution in [3.63, 3.8) is 0 Å². The fraction of sp³-hybridized carbons (Fsp3) is 0.417. The predicted molar refractivity (Wildman–Crippen MR) is 59.8 cm³/mol. The predicted octanol–water partition coefficient (Wildman–Crippen LogP) is 1.44. The second-order valence-corrected chi connectivity index (χ2v) is 3.87. The van der Waals surface area contributed by atoms with Gasteiger partial charge in [0.25, 0.3) is 0 Å². The summed E-state index contributed by atoms with van der Waals surface area (Å²) in [5.41, 5.74) is 2.02. The van der Waals surface area contributed by atoms with Crippen LogP contribution in [0.3, 0.4) is 0 Å². The van der Waals surface area contributed by atoms with Crippen molar-refractivity contribution in [2.24, 2.45) is 0 Å². The Morgan fingerprint density at radius 3 is 2.69 bits per heavy atom. The van der Waals surface area contributed by atoms with Crippen molar-refractivity contribution in [3.05, 3.63) is 23.3 Å². The SMILES string of the molecule is COc1cc2c(c(OC)c1)[C@@H](C)NC(=O)C2. The molecule has 2 rings (SSSR count). The van der Waals surface area contributed by atoms with Gasteiger partial charge in [0, 0.05) is 11.6 Å². The van der Waals surface area contributed by atoms with Crippen LogP contribution in [-0.4, -0.2) is 20.1 Å². The minimum absolute atomic E-state index is 0.0166. The zero-order valence-corrected chi connectivity index (χ0v) is 9.66. The number of amides is 1. The minimum atomic E-state index is -0.0166. The average Bonchev–Trinajstić information content (AvgIpc) is 2.26. The van der Waals surface area contributed by atoms with E-state index in [1.54, 1.807) is 14.2 Å².